The number of fused-ring (bicyclic) bond motifs is 2. The number of rotatable bonds is 5. The zero-order valence-corrected chi connectivity index (χ0v) is 21.5. The molecule has 3 aliphatic rings. The van der Waals surface area contributed by atoms with Gasteiger partial charge in [-0.2, -0.15) is 19.0 Å². The first kappa shape index (κ1) is 24.0. The molecule has 1 unspecified atom stereocenters. The Hall–Kier alpha value is -2.40. The lowest BCUT2D eigenvalue weighted by Gasteiger charge is -2.45. The van der Waals surface area contributed by atoms with Crippen molar-refractivity contribution in [3.63, 3.8) is 0 Å². The van der Waals surface area contributed by atoms with Crippen LogP contribution in [0.5, 0.6) is 0 Å². The number of nitrogens with zero attached hydrogens (tertiary/aromatic N) is 6. The van der Waals surface area contributed by atoms with E-state index in [1.165, 1.54) is 17.4 Å². The summed E-state index contributed by atoms with van der Waals surface area (Å²) in [7, 11) is 0. The Morgan fingerprint density at radius 3 is 2.83 bits per heavy atom. The number of anilines is 1. The fourth-order valence-electron chi connectivity index (χ4n) is 5.46. The molecule has 6 heterocycles. The van der Waals surface area contributed by atoms with Gasteiger partial charge in [-0.3, -0.25) is 4.68 Å². The number of likely N-dealkylation sites (tertiary alicyclic amines) is 1. The summed E-state index contributed by atoms with van der Waals surface area (Å²) in [5.41, 5.74) is 1.53. The lowest BCUT2D eigenvalue weighted by Crippen LogP contribution is -2.50. The number of halogens is 3. The summed E-state index contributed by atoms with van der Waals surface area (Å²) in [6.07, 6.45) is 6.85. The van der Waals surface area contributed by atoms with Gasteiger partial charge in [-0.25, -0.2) is 9.99 Å². The van der Waals surface area contributed by atoms with Crippen molar-refractivity contribution >= 4 is 34.5 Å². The third kappa shape index (κ3) is 4.34. The maximum Gasteiger partial charge on any atom is 0.297 e. The quantitative estimate of drug-likeness (QED) is 0.464. The molecule has 0 bridgehead atoms. The maximum atomic E-state index is 14.4. The van der Waals surface area contributed by atoms with E-state index in [0.717, 1.165) is 43.3 Å². The van der Waals surface area contributed by atoms with Crippen molar-refractivity contribution in [3.8, 4) is 0 Å². The van der Waals surface area contributed by atoms with Crippen molar-refractivity contribution in [2.75, 3.05) is 37.8 Å². The maximum absolute atomic E-state index is 14.4. The fourth-order valence-corrected chi connectivity index (χ4v) is 6.93. The van der Waals surface area contributed by atoms with E-state index in [4.69, 9.17) is 21.4 Å². The summed E-state index contributed by atoms with van der Waals surface area (Å²) in [4.78, 5) is 7.63. The molecule has 6 rings (SSSR count). The Labute approximate surface area is 217 Å². The van der Waals surface area contributed by atoms with Crippen molar-refractivity contribution in [2.24, 2.45) is 11.0 Å². The van der Waals surface area contributed by atoms with Crippen LogP contribution in [0.25, 0.3) is 0 Å². The van der Waals surface area contributed by atoms with Crippen LogP contribution < -0.4 is 5.01 Å². The van der Waals surface area contributed by atoms with E-state index in [2.05, 4.69) is 28.0 Å². The molecule has 0 amide bonds. The second-order valence-corrected chi connectivity index (χ2v) is 11.5. The van der Waals surface area contributed by atoms with Gasteiger partial charge >= 0.3 is 0 Å². The van der Waals surface area contributed by atoms with E-state index in [1.54, 1.807) is 12.4 Å². The lowest BCUT2D eigenvalue weighted by atomic mass is 9.84. The molecule has 0 saturated carbocycles. The third-order valence-electron chi connectivity index (χ3n) is 7.45. The highest BCUT2D eigenvalue weighted by atomic mass is 35.5. The van der Waals surface area contributed by atoms with Crippen LogP contribution in [0.2, 0.25) is 4.34 Å². The number of aromatic nitrogens is 3. The van der Waals surface area contributed by atoms with Gasteiger partial charge in [0.1, 0.15) is 12.2 Å². The topological polar surface area (TPSA) is 58.8 Å². The molecule has 0 aliphatic carbocycles. The van der Waals surface area contributed by atoms with E-state index in [0.29, 0.717) is 28.6 Å². The van der Waals surface area contributed by atoms with E-state index in [1.807, 2.05) is 28.0 Å². The molecule has 0 radical (unpaired) electrons. The zero-order valence-electron chi connectivity index (χ0n) is 19.9. The zero-order chi connectivity index (χ0) is 24.9. The molecule has 190 valence electrons. The van der Waals surface area contributed by atoms with Crippen LogP contribution in [0.3, 0.4) is 0 Å². The van der Waals surface area contributed by atoms with Crippen molar-refractivity contribution in [2.45, 2.75) is 37.8 Å². The Kier molecular flexibility index (Phi) is 6.10. The van der Waals surface area contributed by atoms with Gasteiger partial charge in [0.05, 0.1) is 17.4 Å². The number of piperidine rings is 1. The largest absolute Gasteiger partial charge is 0.363 e. The van der Waals surface area contributed by atoms with Gasteiger partial charge < -0.3 is 9.64 Å². The van der Waals surface area contributed by atoms with Crippen LogP contribution in [0.4, 0.5) is 14.6 Å². The highest BCUT2D eigenvalue weighted by Gasteiger charge is 2.51. The molecule has 11 heteroatoms. The van der Waals surface area contributed by atoms with Gasteiger partial charge in [0.25, 0.3) is 5.92 Å². The van der Waals surface area contributed by atoms with Crippen LogP contribution in [-0.4, -0.2) is 58.2 Å². The smallest absolute Gasteiger partial charge is 0.297 e. The normalized spacial score (nSPS) is 23.2. The minimum Gasteiger partial charge on any atom is -0.363 e. The number of hydrogen-bond acceptors (Lipinski definition) is 7. The Bertz CT molecular complexity index is 1270. The number of pyridine rings is 1. The molecule has 3 aliphatic heterocycles. The molecular weight excluding hydrogens is 506 g/mol. The highest BCUT2D eigenvalue weighted by Crippen LogP contribution is 2.52. The fraction of sp³-hybridized carbons (Fsp3) is 0.480. The SMILES string of the molecule is CC1=NN(c2ncccc2Cn2cccn2)CC1CN1CCC2(CC1)OCC(F)(F)c1cc(Cl)sc12. The average Bonchev–Trinajstić information content (AvgIpc) is 3.60. The van der Waals surface area contributed by atoms with Gasteiger partial charge in [-0.05, 0) is 38.0 Å². The predicted molar refractivity (Wildman–Crippen MR) is 136 cm³/mol. The standard InChI is InChI=1S/C25H27ClF2N6OS/c1-17-19(15-34(31-17)23-18(4-2-7-29-23)14-33-9-3-8-30-33)13-32-10-5-24(6-11-32)22-20(12-21(26)36-22)25(27,28)16-35-24/h2-4,7-9,12,19H,5-6,10-11,13-16H2,1H3. The number of thiophene rings is 1. The van der Waals surface area contributed by atoms with Crippen LogP contribution in [0, 0.1) is 5.92 Å². The monoisotopic (exact) mass is 532 g/mol. The number of ether oxygens (including phenoxy) is 1. The summed E-state index contributed by atoms with van der Waals surface area (Å²) >= 11 is 7.38. The van der Waals surface area contributed by atoms with Crippen molar-refractivity contribution in [3.05, 3.63) is 63.2 Å². The minimum atomic E-state index is -2.98. The second-order valence-electron chi connectivity index (χ2n) is 9.79. The first-order valence-electron chi connectivity index (χ1n) is 12.1. The number of alkyl halides is 2. The molecule has 1 spiro atoms. The molecule has 1 fully saturated rings. The summed E-state index contributed by atoms with van der Waals surface area (Å²) in [6, 6.07) is 7.32. The molecule has 36 heavy (non-hydrogen) atoms. The summed E-state index contributed by atoms with van der Waals surface area (Å²) in [6.45, 7) is 5.28. The van der Waals surface area contributed by atoms with E-state index in [-0.39, 0.29) is 11.5 Å². The molecule has 0 N–H and O–H groups in total. The summed E-state index contributed by atoms with van der Waals surface area (Å²) in [5, 5.41) is 11.1. The predicted octanol–water partition coefficient (Wildman–Crippen LogP) is 4.97. The molecule has 3 aromatic rings. The first-order chi connectivity index (χ1) is 17.3. The summed E-state index contributed by atoms with van der Waals surface area (Å²) in [5.74, 6) is -1.86. The average molecular weight is 533 g/mol. The van der Waals surface area contributed by atoms with Crippen LogP contribution in [0.15, 0.2) is 48.0 Å². The number of hydrazone groups is 1. The Morgan fingerprint density at radius 1 is 1.22 bits per heavy atom. The highest BCUT2D eigenvalue weighted by molar-refractivity contribution is 7.16. The van der Waals surface area contributed by atoms with Crippen molar-refractivity contribution in [1.29, 1.82) is 0 Å². The van der Waals surface area contributed by atoms with Gasteiger partial charge in [0, 0.05) is 65.9 Å². The van der Waals surface area contributed by atoms with E-state index in [9.17, 15) is 8.78 Å². The van der Waals surface area contributed by atoms with Gasteiger partial charge in [-0.1, -0.05) is 17.7 Å². The van der Waals surface area contributed by atoms with Gasteiger partial charge in [0.2, 0.25) is 0 Å². The molecule has 3 aromatic heterocycles. The number of hydrogen-bond donors (Lipinski definition) is 0. The van der Waals surface area contributed by atoms with Crippen LogP contribution in [-0.2, 0) is 22.8 Å². The lowest BCUT2D eigenvalue weighted by molar-refractivity contribution is -0.181. The molecule has 1 saturated heterocycles. The van der Waals surface area contributed by atoms with Crippen molar-refractivity contribution in [1.82, 2.24) is 19.7 Å². The molecule has 0 aromatic carbocycles. The summed E-state index contributed by atoms with van der Waals surface area (Å²) < 4.78 is 37.0. The third-order valence-corrected chi connectivity index (χ3v) is 8.90. The van der Waals surface area contributed by atoms with E-state index >= 15 is 0 Å². The second kappa shape index (κ2) is 9.16. The van der Waals surface area contributed by atoms with E-state index < -0.39 is 18.1 Å². The first-order valence-corrected chi connectivity index (χ1v) is 13.3. The van der Waals surface area contributed by atoms with Crippen molar-refractivity contribution < 1.29 is 13.5 Å². The van der Waals surface area contributed by atoms with Gasteiger partial charge in [0.15, 0.2) is 5.82 Å². The molecule has 1 atom stereocenters. The minimum absolute atomic E-state index is 0.0490. The Morgan fingerprint density at radius 2 is 2.06 bits per heavy atom. The van der Waals surface area contributed by atoms with Crippen LogP contribution >= 0.6 is 22.9 Å². The molecular formula is C25H27ClF2N6OS. The Balaban J connectivity index is 1.12. The van der Waals surface area contributed by atoms with Gasteiger partial charge in [-0.15, -0.1) is 11.3 Å². The van der Waals surface area contributed by atoms with Crippen LogP contribution in [0.1, 0.15) is 35.8 Å². The molecule has 7 nitrogen and oxygen atoms in total.